The highest BCUT2D eigenvalue weighted by molar-refractivity contribution is 7.99. The monoisotopic (exact) mass is 341 g/mol. The zero-order valence-corrected chi connectivity index (χ0v) is 14.2. The van der Waals surface area contributed by atoms with Crippen molar-refractivity contribution in [1.82, 2.24) is 10.3 Å². The molecule has 5 nitrogen and oxygen atoms in total. The Labute approximate surface area is 144 Å². The summed E-state index contributed by atoms with van der Waals surface area (Å²) in [5.41, 5.74) is 2.00. The Balaban J connectivity index is 1.91. The third-order valence-electron chi connectivity index (χ3n) is 3.92. The van der Waals surface area contributed by atoms with E-state index in [1.807, 2.05) is 25.4 Å². The van der Waals surface area contributed by atoms with E-state index in [1.165, 1.54) is 16.5 Å². The maximum atomic E-state index is 11.2. The fraction of sp³-hybridized carbons (Fsp3) is 0.222. The summed E-state index contributed by atoms with van der Waals surface area (Å²) in [4.78, 5) is 16.1. The predicted molar refractivity (Wildman–Crippen MR) is 97.8 cm³/mol. The molecule has 0 fully saturated rings. The number of nitro benzene ring substituents is 1. The minimum atomic E-state index is -0.348. The molecule has 124 valence electrons. The molecule has 0 radical (unpaired) electrons. The van der Waals surface area contributed by atoms with E-state index in [2.05, 4.69) is 28.5 Å². The van der Waals surface area contributed by atoms with Crippen molar-refractivity contribution in [3.63, 3.8) is 0 Å². The van der Waals surface area contributed by atoms with E-state index in [9.17, 15) is 10.1 Å². The van der Waals surface area contributed by atoms with E-state index in [0.29, 0.717) is 5.52 Å². The first kappa shape index (κ1) is 16.5. The summed E-state index contributed by atoms with van der Waals surface area (Å²) < 4.78 is 0. The Hall–Kier alpha value is -2.31. The van der Waals surface area contributed by atoms with E-state index in [-0.39, 0.29) is 10.6 Å². The van der Waals surface area contributed by atoms with Gasteiger partial charge in [0.1, 0.15) is 5.52 Å². The van der Waals surface area contributed by atoms with Crippen molar-refractivity contribution in [2.45, 2.75) is 22.6 Å². The molecule has 1 heterocycles. The number of aryl methyl sites for hydroxylation is 1. The van der Waals surface area contributed by atoms with Gasteiger partial charge in [-0.15, -0.1) is 0 Å². The number of hydrogen-bond acceptors (Lipinski definition) is 4. The molecule has 0 unspecified atom stereocenters. The molecule has 0 aliphatic rings. The number of nitrogens with zero attached hydrogens (tertiary/aromatic N) is 1. The summed E-state index contributed by atoms with van der Waals surface area (Å²) in [6.45, 7) is 0.984. The number of non-ortho nitro benzene ring substituents is 1. The van der Waals surface area contributed by atoms with E-state index in [1.54, 1.807) is 17.8 Å². The predicted octanol–water partition coefficient (Wildman–Crippen LogP) is 4.38. The summed E-state index contributed by atoms with van der Waals surface area (Å²) in [6, 6.07) is 13.5. The molecule has 0 saturated carbocycles. The van der Waals surface area contributed by atoms with Gasteiger partial charge in [-0.05, 0) is 38.1 Å². The number of benzene rings is 2. The molecule has 1 aromatic heterocycles. The molecule has 0 saturated heterocycles. The maximum absolute atomic E-state index is 11.2. The zero-order valence-electron chi connectivity index (χ0n) is 13.4. The largest absolute Gasteiger partial charge is 0.354 e. The zero-order chi connectivity index (χ0) is 16.9. The minimum Gasteiger partial charge on any atom is -0.354 e. The van der Waals surface area contributed by atoms with Crippen LogP contribution in [0.25, 0.3) is 10.9 Å². The van der Waals surface area contributed by atoms with Gasteiger partial charge in [0.15, 0.2) is 0 Å². The van der Waals surface area contributed by atoms with Gasteiger partial charge in [0.2, 0.25) is 0 Å². The van der Waals surface area contributed by atoms with Crippen molar-refractivity contribution < 1.29 is 4.92 Å². The number of aromatic amines is 1. The van der Waals surface area contributed by atoms with Crippen LogP contribution in [-0.2, 0) is 6.42 Å². The highest BCUT2D eigenvalue weighted by atomic mass is 32.2. The maximum Gasteiger partial charge on any atom is 0.293 e. The van der Waals surface area contributed by atoms with Crippen LogP contribution in [0, 0.1) is 10.1 Å². The first-order valence-corrected chi connectivity index (χ1v) is 8.67. The number of para-hydroxylation sites is 1. The van der Waals surface area contributed by atoms with Crippen LogP contribution >= 0.6 is 11.8 Å². The van der Waals surface area contributed by atoms with E-state index in [4.69, 9.17) is 0 Å². The number of aromatic nitrogens is 1. The van der Waals surface area contributed by atoms with Crippen LogP contribution in [0.5, 0.6) is 0 Å². The van der Waals surface area contributed by atoms with Gasteiger partial charge in [0.25, 0.3) is 5.69 Å². The third kappa shape index (κ3) is 3.44. The van der Waals surface area contributed by atoms with E-state index in [0.717, 1.165) is 29.7 Å². The van der Waals surface area contributed by atoms with E-state index < -0.39 is 0 Å². The number of fused-ring (bicyclic) bond motifs is 1. The number of H-pyrrole nitrogens is 1. The number of nitro groups is 1. The van der Waals surface area contributed by atoms with Gasteiger partial charge in [-0.1, -0.05) is 42.1 Å². The van der Waals surface area contributed by atoms with Gasteiger partial charge in [-0.25, -0.2) is 0 Å². The van der Waals surface area contributed by atoms with Crippen molar-refractivity contribution >= 4 is 28.4 Å². The Morgan fingerprint density at radius 2 is 2.00 bits per heavy atom. The Kier molecular flexibility index (Phi) is 5.17. The van der Waals surface area contributed by atoms with E-state index >= 15 is 0 Å². The highest BCUT2D eigenvalue weighted by Gasteiger charge is 2.16. The van der Waals surface area contributed by atoms with Crippen molar-refractivity contribution in [2.24, 2.45) is 0 Å². The molecule has 0 atom stereocenters. The van der Waals surface area contributed by atoms with Crippen LogP contribution in [0.3, 0.4) is 0 Å². The molecule has 0 spiro atoms. The lowest BCUT2D eigenvalue weighted by Gasteiger charge is -2.08. The Morgan fingerprint density at radius 1 is 1.17 bits per heavy atom. The van der Waals surface area contributed by atoms with Crippen molar-refractivity contribution in [3.8, 4) is 0 Å². The molecule has 3 rings (SSSR count). The molecule has 24 heavy (non-hydrogen) atoms. The fourth-order valence-corrected chi connectivity index (χ4v) is 3.82. The molecule has 6 heteroatoms. The van der Waals surface area contributed by atoms with Crippen LogP contribution in [0.2, 0.25) is 0 Å². The summed E-state index contributed by atoms with van der Waals surface area (Å²) in [7, 11) is 1.96. The summed E-state index contributed by atoms with van der Waals surface area (Å²) in [6.07, 6.45) is 3.94. The van der Waals surface area contributed by atoms with Crippen LogP contribution < -0.4 is 5.32 Å². The van der Waals surface area contributed by atoms with Crippen LogP contribution in [0.15, 0.2) is 58.5 Å². The lowest BCUT2D eigenvalue weighted by molar-refractivity contribution is -0.383. The first-order valence-electron chi connectivity index (χ1n) is 7.85. The molecule has 0 aliphatic heterocycles. The summed E-state index contributed by atoms with van der Waals surface area (Å²) in [5, 5.41) is 15.2. The second-order valence-electron chi connectivity index (χ2n) is 5.53. The van der Waals surface area contributed by atoms with Crippen LogP contribution in [-0.4, -0.2) is 23.5 Å². The summed E-state index contributed by atoms with van der Waals surface area (Å²) >= 11 is 1.65. The molecular weight excluding hydrogens is 322 g/mol. The molecule has 0 amide bonds. The Bertz CT molecular complexity index is 860. The average Bonchev–Trinajstić information content (AvgIpc) is 2.99. The standard InChI is InChI=1S/C18H19N3O2S/c1-19-11-5-7-13-6-2-3-10-16(13)24-17-12-20-18-14(17)8-4-9-15(18)21(22)23/h2-4,6,8-10,12,19-20H,5,7,11H2,1H3. The van der Waals surface area contributed by atoms with Gasteiger partial charge >= 0.3 is 0 Å². The third-order valence-corrected chi connectivity index (χ3v) is 5.09. The van der Waals surface area contributed by atoms with Gasteiger partial charge in [-0.2, -0.15) is 0 Å². The number of hydrogen-bond donors (Lipinski definition) is 2. The topological polar surface area (TPSA) is 71.0 Å². The lowest BCUT2D eigenvalue weighted by Crippen LogP contribution is -2.08. The van der Waals surface area contributed by atoms with Crippen LogP contribution in [0.1, 0.15) is 12.0 Å². The molecule has 0 aliphatic carbocycles. The van der Waals surface area contributed by atoms with Crippen molar-refractivity contribution in [3.05, 3.63) is 64.3 Å². The fourth-order valence-electron chi connectivity index (χ4n) is 2.73. The summed E-state index contributed by atoms with van der Waals surface area (Å²) in [5.74, 6) is 0. The lowest BCUT2D eigenvalue weighted by atomic mass is 10.1. The minimum absolute atomic E-state index is 0.113. The number of nitrogens with one attached hydrogen (secondary N) is 2. The molecule has 2 N–H and O–H groups in total. The second-order valence-corrected chi connectivity index (χ2v) is 6.61. The molecule has 0 bridgehead atoms. The quantitative estimate of drug-likeness (QED) is 0.380. The van der Waals surface area contributed by atoms with Gasteiger partial charge in [0, 0.05) is 27.4 Å². The van der Waals surface area contributed by atoms with Crippen molar-refractivity contribution in [1.29, 1.82) is 0 Å². The van der Waals surface area contributed by atoms with Gasteiger partial charge in [0.05, 0.1) is 4.92 Å². The number of rotatable bonds is 7. The highest BCUT2D eigenvalue weighted by Crippen LogP contribution is 2.38. The molecule has 3 aromatic rings. The molecular formula is C18H19N3O2S. The van der Waals surface area contributed by atoms with Gasteiger partial charge in [-0.3, -0.25) is 10.1 Å². The Morgan fingerprint density at radius 3 is 2.79 bits per heavy atom. The molecule has 2 aromatic carbocycles. The second kappa shape index (κ2) is 7.51. The van der Waals surface area contributed by atoms with Crippen molar-refractivity contribution in [2.75, 3.05) is 13.6 Å². The van der Waals surface area contributed by atoms with Crippen LogP contribution in [0.4, 0.5) is 5.69 Å². The first-order chi connectivity index (χ1) is 11.7. The average molecular weight is 341 g/mol. The SMILES string of the molecule is CNCCCc1ccccc1Sc1c[nH]c2c([N+](=O)[O-])cccc12. The normalized spacial score (nSPS) is 11.0. The van der Waals surface area contributed by atoms with Gasteiger partial charge < -0.3 is 10.3 Å². The smallest absolute Gasteiger partial charge is 0.293 e.